The number of benzene rings is 1. The molecule has 38 heavy (non-hydrogen) atoms. The first-order chi connectivity index (χ1) is 18.1. The third-order valence-corrected chi connectivity index (χ3v) is 6.93. The van der Waals surface area contributed by atoms with Gasteiger partial charge in [0.1, 0.15) is 11.8 Å². The number of aryl methyl sites for hydroxylation is 2. The van der Waals surface area contributed by atoms with Crippen LogP contribution in [0, 0.1) is 6.92 Å². The summed E-state index contributed by atoms with van der Waals surface area (Å²) in [6.45, 7) is 2.31. The van der Waals surface area contributed by atoms with Crippen LogP contribution in [-0.4, -0.2) is 61.6 Å². The van der Waals surface area contributed by atoms with Gasteiger partial charge in [0.2, 0.25) is 5.82 Å². The molecule has 0 N–H and O–H groups in total. The molecule has 12 heteroatoms. The summed E-state index contributed by atoms with van der Waals surface area (Å²) in [4.78, 5) is 30.2. The maximum atomic E-state index is 14.1. The molecule has 0 spiro atoms. The molecule has 9 nitrogen and oxygen atoms in total. The number of aromatic nitrogens is 5. The summed E-state index contributed by atoms with van der Waals surface area (Å²) in [6, 6.07) is 8.08. The highest BCUT2D eigenvalue weighted by Gasteiger charge is 2.44. The van der Waals surface area contributed by atoms with Gasteiger partial charge in [-0.05, 0) is 55.9 Å². The van der Waals surface area contributed by atoms with E-state index < -0.39 is 18.3 Å². The standard InChI is InChI=1S/C26H26ClF2N7O2/c1-14-11-19(32-36-24(14)30-31-25(36)23(28)29)35-21(15-5-7-17(27)8-6-15)22-20(26(35)38)16(13-34(22)4)12-18(37)9-10-33(2)3/h5-8,11,13,21,23H,9-10,12H2,1-4H3. The van der Waals surface area contributed by atoms with E-state index in [0.29, 0.717) is 40.4 Å². The fourth-order valence-corrected chi connectivity index (χ4v) is 5.02. The van der Waals surface area contributed by atoms with Gasteiger partial charge in [-0.1, -0.05) is 23.7 Å². The number of ketones is 1. The quantitative estimate of drug-likeness (QED) is 0.332. The average Bonchev–Trinajstić information content (AvgIpc) is 3.51. The predicted octanol–water partition coefficient (Wildman–Crippen LogP) is 4.18. The first-order valence-corrected chi connectivity index (χ1v) is 12.4. The molecule has 0 radical (unpaired) electrons. The zero-order valence-corrected chi connectivity index (χ0v) is 22.1. The molecule has 0 fully saturated rings. The van der Waals surface area contributed by atoms with Crippen LogP contribution >= 0.6 is 11.6 Å². The number of carbonyl (C=O) groups is 2. The van der Waals surface area contributed by atoms with Crippen molar-refractivity contribution in [1.29, 1.82) is 0 Å². The number of halogens is 3. The van der Waals surface area contributed by atoms with Gasteiger partial charge < -0.3 is 9.47 Å². The summed E-state index contributed by atoms with van der Waals surface area (Å²) in [5.41, 5.74) is 3.20. The maximum absolute atomic E-state index is 14.1. The first kappa shape index (κ1) is 25.9. The highest BCUT2D eigenvalue weighted by atomic mass is 35.5. The molecule has 1 aliphatic heterocycles. The summed E-state index contributed by atoms with van der Waals surface area (Å²) in [6.07, 6.45) is -0.620. The number of rotatable bonds is 8. The van der Waals surface area contributed by atoms with E-state index in [9.17, 15) is 18.4 Å². The third-order valence-electron chi connectivity index (χ3n) is 6.68. The molecule has 1 atom stereocenters. The molecule has 1 aromatic carbocycles. The van der Waals surface area contributed by atoms with Crippen LogP contribution < -0.4 is 4.90 Å². The lowest BCUT2D eigenvalue weighted by atomic mass is 10.0. The van der Waals surface area contributed by atoms with Gasteiger partial charge in [-0.3, -0.25) is 14.5 Å². The molecular formula is C26H26ClF2N7O2. The SMILES string of the molecule is Cc1cc(N2C(=O)c3c(CC(=O)CCN(C)C)cn(C)c3C2c2ccc(Cl)cc2)nn2c(C(F)F)nnc12. The van der Waals surface area contributed by atoms with Crippen molar-refractivity contribution in [1.82, 2.24) is 29.3 Å². The molecule has 3 aromatic heterocycles. The minimum absolute atomic E-state index is 0.0165. The number of carbonyl (C=O) groups excluding carboxylic acids is 2. The van der Waals surface area contributed by atoms with Crippen molar-refractivity contribution in [3.05, 3.63) is 75.3 Å². The third kappa shape index (κ3) is 4.45. The maximum Gasteiger partial charge on any atom is 0.299 e. The van der Waals surface area contributed by atoms with Crippen LogP contribution in [-0.2, 0) is 18.3 Å². The van der Waals surface area contributed by atoms with Crippen LogP contribution in [0.25, 0.3) is 5.65 Å². The van der Waals surface area contributed by atoms with Gasteiger partial charge in [0.25, 0.3) is 12.3 Å². The van der Waals surface area contributed by atoms with Crippen molar-refractivity contribution in [2.45, 2.75) is 32.2 Å². The Morgan fingerprint density at radius 1 is 1.18 bits per heavy atom. The number of fused-ring (bicyclic) bond motifs is 2. The Morgan fingerprint density at radius 2 is 1.89 bits per heavy atom. The lowest BCUT2D eigenvalue weighted by molar-refractivity contribution is -0.118. The zero-order valence-electron chi connectivity index (χ0n) is 21.3. The molecule has 198 valence electrons. The summed E-state index contributed by atoms with van der Waals surface area (Å²) in [7, 11) is 5.61. The van der Waals surface area contributed by atoms with Gasteiger partial charge in [0.15, 0.2) is 11.5 Å². The Hall–Kier alpha value is -3.70. The van der Waals surface area contributed by atoms with Crippen molar-refractivity contribution in [3.8, 4) is 0 Å². The van der Waals surface area contributed by atoms with Crippen molar-refractivity contribution in [2.24, 2.45) is 7.05 Å². The van der Waals surface area contributed by atoms with Gasteiger partial charge in [0.05, 0.1) is 11.3 Å². The molecule has 1 unspecified atom stereocenters. The Labute approximate surface area is 222 Å². The number of Topliss-reactive ketones (excluding diaryl/α,β-unsaturated/α-hetero) is 1. The molecule has 0 aliphatic carbocycles. The van der Waals surface area contributed by atoms with E-state index >= 15 is 0 Å². The Balaban J connectivity index is 1.65. The minimum Gasteiger partial charge on any atom is -0.351 e. The van der Waals surface area contributed by atoms with Gasteiger partial charge in [0, 0.05) is 37.7 Å². The number of amides is 1. The van der Waals surface area contributed by atoms with Gasteiger partial charge in [-0.15, -0.1) is 15.3 Å². The Bertz CT molecular complexity index is 1550. The van der Waals surface area contributed by atoms with Crippen molar-refractivity contribution in [2.75, 3.05) is 25.5 Å². The van der Waals surface area contributed by atoms with Crippen molar-refractivity contribution >= 4 is 34.8 Å². The smallest absolute Gasteiger partial charge is 0.299 e. The molecule has 1 aliphatic rings. The Morgan fingerprint density at radius 3 is 2.55 bits per heavy atom. The molecule has 5 rings (SSSR count). The van der Waals surface area contributed by atoms with E-state index in [4.69, 9.17) is 11.6 Å². The van der Waals surface area contributed by atoms with E-state index in [0.717, 1.165) is 10.1 Å². The number of nitrogens with zero attached hydrogens (tertiary/aromatic N) is 7. The molecule has 4 heterocycles. The van der Waals surface area contributed by atoms with Crippen molar-refractivity contribution in [3.63, 3.8) is 0 Å². The minimum atomic E-state index is -2.90. The van der Waals surface area contributed by atoms with Crippen LogP contribution in [0.2, 0.25) is 5.02 Å². The molecule has 0 saturated carbocycles. The van der Waals surface area contributed by atoms with Crippen LogP contribution in [0.3, 0.4) is 0 Å². The Kier molecular flexibility index (Phi) is 6.74. The normalized spacial score (nSPS) is 15.3. The van der Waals surface area contributed by atoms with Crippen molar-refractivity contribution < 1.29 is 18.4 Å². The number of hydrogen-bond donors (Lipinski definition) is 0. The van der Waals surface area contributed by atoms with Crippen LogP contribution in [0.1, 0.15) is 57.5 Å². The second kappa shape index (κ2) is 9.88. The fraction of sp³-hybridized carbons (Fsp3) is 0.346. The predicted molar refractivity (Wildman–Crippen MR) is 138 cm³/mol. The van der Waals surface area contributed by atoms with Gasteiger partial charge in [-0.2, -0.15) is 4.52 Å². The fourth-order valence-electron chi connectivity index (χ4n) is 4.90. The molecule has 1 amide bonds. The molecule has 4 aromatic rings. The van der Waals surface area contributed by atoms with Crippen LogP contribution in [0.4, 0.5) is 14.6 Å². The summed E-state index contributed by atoms with van der Waals surface area (Å²) in [5, 5.41) is 12.3. The summed E-state index contributed by atoms with van der Waals surface area (Å²) in [5.74, 6) is -0.788. The number of alkyl halides is 2. The number of anilines is 1. The van der Waals surface area contributed by atoms with Gasteiger partial charge >= 0.3 is 0 Å². The monoisotopic (exact) mass is 541 g/mol. The highest BCUT2D eigenvalue weighted by Crippen LogP contribution is 2.43. The largest absolute Gasteiger partial charge is 0.351 e. The van der Waals surface area contributed by atoms with E-state index in [1.807, 2.05) is 48.9 Å². The van der Waals surface area contributed by atoms with Crippen LogP contribution in [0.15, 0.2) is 36.5 Å². The summed E-state index contributed by atoms with van der Waals surface area (Å²) < 4.78 is 30.1. The molecule has 0 bridgehead atoms. The zero-order chi connectivity index (χ0) is 27.3. The summed E-state index contributed by atoms with van der Waals surface area (Å²) >= 11 is 6.14. The van der Waals surface area contributed by atoms with E-state index in [1.165, 1.54) is 4.90 Å². The molecular weight excluding hydrogens is 516 g/mol. The first-order valence-electron chi connectivity index (χ1n) is 12.0. The highest BCUT2D eigenvalue weighted by molar-refractivity contribution is 6.30. The van der Waals surface area contributed by atoms with E-state index in [1.54, 1.807) is 25.1 Å². The van der Waals surface area contributed by atoms with Gasteiger partial charge in [-0.25, -0.2) is 8.78 Å². The van der Waals surface area contributed by atoms with E-state index in [-0.39, 0.29) is 29.6 Å². The topological polar surface area (TPSA) is 88.6 Å². The second-order valence-electron chi connectivity index (χ2n) is 9.70. The molecule has 0 saturated heterocycles. The number of hydrogen-bond acceptors (Lipinski definition) is 6. The lowest BCUT2D eigenvalue weighted by Crippen LogP contribution is -2.31. The second-order valence-corrected chi connectivity index (χ2v) is 10.1. The van der Waals surface area contributed by atoms with E-state index in [2.05, 4.69) is 15.3 Å². The average molecular weight is 542 g/mol. The lowest BCUT2D eigenvalue weighted by Gasteiger charge is -2.26. The van der Waals surface area contributed by atoms with Crippen LogP contribution in [0.5, 0.6) is 0 Å².